The smallest absolute Gasteiger partial charge is 0.256 e. The molecule has 0 unspecified atom stereocenters. The number of ketones is 1. The Morgan fingerprint density at radius 2 is 2.18 bits per heavy atom. The first-order valence-electron chi connectivity index (χ1n) is 6.51. The molecule has 0 saturated carbocycles. The van der Waals surface area contributed by atoms with Crippen LogP contribution in [0.1, 0.15) is 36.4 Å². The molecule has 0 aliphatic heterocycles. The van der Waals surface area contributed by atoms with Crippen molar-refractivity contribution in [3.63, 3.8) is 0 Å². The van der Waals surface area contributed by atoms with Gasteiger partial charge in [0.25, 0.3) is 5.91 Å². The van der Waals surface area contributed by atoms with Crippen LogP contribution in [-0.4, -0.2) is 16.8 Å². The van der Waals surface area contributed by atoms with Crippen LogP contribution < -0.4 is 5.32 Å². The number of thiophene rings is 1. The van der Waals surface area contributed by atoms with Gasteiger partial charge in [0.05, 0.1) is 23.9 Å². The van der Waals surface area contributed by atoms with Crippen molar-refractivity contribution in [3.8, 4) is 0 Å². The molecule has 0 aliphatic rings. The Labute approximate surface area is 129 Å². The molecule has 3 heterocycles. The van der Waals surface area contributed by atoms with Gasteiger partial charge < -0.3 is 14.3 Å². The molecule has 0 bridgehead atoms. The maximum atomic E-state index is 12.1. The van der Waals surface area contributed by atoms with Crippen LogP contribution in [0.3, 0.4) is 0 Å². The first-order valence-corrected chi connectivity index (χ1v) is 7.33. The third kappa shape index (κ3) is 2.84. The van der Waals surface area contributed by atoms with E-state index in [1.807, 2.05) is 6.07 Å². The molecule has 1 N–H and O–H groups in total. The van der Waals surface area contributed by atoms with Gasteiger partial charge in [0.1, 0.15) is 11.3 Å². The van der Waals surface area contributed by atoms with Gasteiger partial charge in [0.2, 0.25) is 5.78 Å². The average molecular weight is 316 g/mol. The van der Waals surface area contributed by atoms with Gasteiger partial charge in [-0.25, -0.2) is 0 Å². The largest absolute Gasteiger partial charge is 0.461 e. The summed E-state index contributed by atoms with van der Waals surface area (Å²) in [5.41, 5.74) is 0.406. The summed E-state index contributed by atoms with van der Waals surface area (Å²) in [7, 11) is 0. The van der Waals surface area contributed by atoms with E-state index < -0.39 is 0 Å². The molecule has 1 amide bonds. The van der Waals surface area contributed by atoms with Crippen molar-refractivity contribution in [1.29, 1.82) is 0 Å². The minimum absolute atomic E-state index is 0.164. The Hall–Kier alpha value is -2.67. The number of carbonyl (C=O) groups is 2. The molecule has 6 nitrogen and oxygen atoms in total. The van der Waals surface area contributed by atoms with Crippen LogP contribution in [0.25, 0.3) is 0 Å². The van der Waals surface area contributed by atoms with Crippen LogP contribution in [-0.2, 0) is 6.54 Å². The maximum Gasteiger partial charge on any atom is 0.256 e. The normalized spacial score (nSPS) is 10.6. The van der Waals surface area contributed by atoms with Crippen LogP contribution in [0.5, 0.6) is 0 Å². The highest BCUT2D eigenvalue weighted by Crippen LogP contribution is 2.20. The second-order valence-corrected chi connectivity index (χ2v) is 5.72. The quantitative estimate of drug-likeness (QED) is 0.732. The molecule has 7 heteroatoms. The summed E-state index contributed by atoms with van der Waals surface area (Å²) in [4.78, 5) is 25.5. The van der Waals surface area contributed by atoms with Gasteiger partial charge >= 0.3 is 0 Å². The standard InChI is InChI=1S/C15H12N2O4S/c1-9-11(8-17-21-9)15(19)16-7-10-4-5-13(22-10)14(18)12-3-2-6-20-12/h2-6,8H,7H2,1H3,(H,16,19). The summed E-state index contributed by atoms with van der Waals surface area (Å²) in [5, 5.41) is 6.33. The average Bonchev–Trinajstić information content (AvgIpc) is 3.25. The molecule has 3 rings (SSSR count). The lowest BCUT2D eigenvalue weighted by Crippen LogP contribution is -2.22. The van der Waals surface area contributed by atoms with Gasteiger partial charge in [-0.1, -0.05) is 5.16 Å². The van der Waals surface area contributed by atoms with E-state index >= 15 is 0 Å². The van der Waals surface area contributed by atoms with E-state index in [0.717, 1.165) is 4.88 Å². The molecule has 22 heavy (non-hydrogen) atoms. The highest BCUT2D eigenvalue weighted by molar-refractivity contribution is 7.14. The molecular weight excluding hydrogens is 304 g/mol. The number of amides is 1. The predicted molar refractivity (Wildman–Crippen MR) is 78.9 cm³/mol. The first-order chi connectivity index (χ1) is 10.6. The number of hydrogen-bond donors (Lipinski definition) is 1. The number of carbonyl (C=O) groups excluding carboxylic acids is 2. The Kier molecular flexibility index (Phi) is 3.88. The van der Waals surface area contributed by atoms with Crippen LogP contribution >= 0.6 is 11.3 Å². The molecular formula is C15H12N2O4S. The summed E-state index contributed by atoms with van der Waals surface area (Å²) >= 11 is 1.32. The van der Waals surface area contributed by atoms with Crippen LogP contribution in [0.15, 0.2) is 45.7 Å². The molecule has 0 atom stereocenters. The fourth-order valence-corrected chi connectivity index (χ4v) is 2.80. The second kappa shape index (κ2) is 5.98. The summed E-state index contributed by atoms with van der Waals surface area (Å²) in [6, 6.07) is 6.82. The molecule has 0 fully saturated rings. The zero-order valence-electron chi connectivity index (χ0n) is 11.7. The topological polar surface area (TPSA) is 85.3 Å². The van der Waals surface area contributed by atoms with E-state index in [2.05, 4.69) is 10.5 Å². The van der Waals surface area contributed by atoms with E-state index in [1.54, 1.807) is 25.1 Å². The monoisotopic (exact) mass is 316 g/mol. The van der Waals surface area contributed by atoms with Crippen molar-refractivity contribution in [1.82, 2.24) is 10.5 Å². The fourth-order valence-electron chi connectivity index (χ4n) is 1.90. The number of nitrogens with one attached hydrogen (secondary N) is 1. The van der Waals surface area contributed by atoms with Gasteiger partial charge in [-0.05, 0) is 31.2 Å². The van der Waals surface area contributed by atoms with E-state index in [4.69, 9.17) is 8.94 Å². The molecule has 3 aromatic heterocycles. The zero-order chi connectivity index (χ0) is 15.5. The molecule has 3 aromatic rings. The van der Waals surface area contributed by atoms with Gasteiger partial charge in [-0.15, -0.1) is 11.3 Å². The molecule has 112 valence electrons. The molecule has 0 aromatic carbocycles. The van der Waals surface area contributed by atoms with Crippen molar-refractivity contribution in [2.24, 2.45) is 0 Å². The van der Waals surface area contributed by atoms with Gasteiger partial charge in [0, 0.05) is 4.88 Å². The van der Waals surface area contributed by atoms with E-state index in [1.165, 1.54) is 23.8 Å². The number of rotatable bonds is 5. The highest BCUT2D eigenvalue weighted by atomic mass is 32.1. The lowest BCUT2D eigenvalue weighted by molar-refractivity contribution is 0.0949. The van der Waals surface area contributed by atoms with Crippen LogP contribution in [0.4, 0.5) is 0 Å². The first kappa shape index (κ1) is 14.3. The Balaban J connectivity index is 1.64. The Morgan fingerprint density at radius 1 is 1.32 bits per heavy atom. The van der Waals surface area contributed by atoms with Crippen molar-refractivity contribution < 1.29 is 18.5 Å². The number of nitrogens with zero attached hydrogens (tertiary/aromatic N) is 1. The molecule has 0 radical (unpaired) electrons. The number of hydrogen-bond acceptors (Lipinski definition) is 6. The van der Waals surface area contributed by atoms with Crippen molar-refractivity contribution in [2.45, 2.75) is 13.5 Å². The number of aromatic nitrogens is 1. The summed E-state index contributed by atoms with van der Waals surface area (Å²) in [5.74, 6) is 0.350. The lowest BCUT2D eigenvalue weighted by atomic mass is 10.2. The van der Waals surface area contributed by atoms with E-state index in [-0.39, 0.29) is 11.7 Å². The minimum Gasteiger partial charge on any atom is -0.461 e. The lowest BCUT2D eigenvalue weighted by Gasteiger charge is -2.01. The van der Waals surface area contributed by atoms with Crippen molar-refractivity contribution >= 4 is 23.0 Å². The van der Waals surface area contributed by atoms with E-state index in [0.29, 0.717) is 28.5 Å². The Bertz CT molecular complexity index is 801. The van der Waals surface area contributed by atoms with Gasteiger partial charge in [-0.3, -0.25) is 9.59 Å². The second-order valence-electron chi connectivity index (χ2n) is 4.55. The summed E-state index contributed by atoms with van der Waals surface area (Å²) in [6.45, 7) is 2.01. The SMILES string of the molecule is Cc1oncc1C(=O)NCc1ccc(C(=O)c2ccco2)s1. The maximum absolute atomic E-state index is 12.1. The molecule has 0 aliphatic carbocycles. The number of aryl methyl sites for hydroxylation is 1. The fraction of sp³-hybridized carbons (Fsp3) is 0.133. The third-order valence-corrected chi connectivity index (χ3v) is 4.13. The highest BCUT2D eigenvalue weighted by Gasteiger charge is 2.16. The third-order valence-electron chi connectivity index (χ3n) is 3.05. The van der Waals surface area contributed by atoms with Crippen LogP contribution in [0.2, 0.25) is 0 Å². The van der Waals surface area contributed by atoms with Crippen molar-refractivity contribution in [2.75, 3.05) is 0 Å². The van der Waals surface area contributed by atoms with Gasteiger partial charge in [0.15, 0.2) is 5.76 Å². The molecule has 0 saturated heterocycles. The summed E-state index contributed by atoms with van der Waals surface area (Å²) in [6.07, 6.45) is 2.84. The van der Waals surface area contributed by atoms with Crippen molar-refractivity contribution in [3.05, 3.63) is 63.6 Å². The predicted octanol–water partition coefficient (Wildman–Crippen LogP) is 2.80. The van der Waals surface area contributed by atoms with Crippen LogP contribution in [0, 0.1) is 6.92 Å². The summed E-state index contributed by atoms with van der Waals surface area (Å²) < 4.78 is 9.94. The minimum atomic E-state index is -0.258. The number of furan rings is 1. The molecule has 0 spiro atoms. The zero-order valence-corrected chi connectivity index (χ0v) is 12.5. The van der Waals surface area contributed by atoms with Gasteiger partial charge in [-0.2, -0.15) is 0 Å². The van der Waals surface area contributed by atoms with E-state index in [9.17, 15) is 9.59 Å². The Morgan fingerprint density at radius 3 is 2.86 bits per heavy atom.